The van der Waals surface area contributed by atoms with Crippen LogP contribution in [0.3, 0.4) is 0 Å². The second-order valence-corrected chi connectivity index (χ2v) is 7.52. The number of nitrogens with one attached hydrogen (secondary N) is 2. The second kappa shape index (κ2) is 8.18. The molecule has 0 unspecified atom stereocenters. The molecule has 2 fully saturated rings. The SMILES string of the molecule is CC(C)c1ccc(NC(=O)C2(C(=O)NCCN3CCOCC3)CC2)cc1. The van der Waals surface area contributed by atoms with Crippen LogP contribution in [0.15, 0.2) is 24.3 Å². The quantitative estimate of drug-likeness (QED) is 0.731. The molecule has 0 radical (unpaired) electrons. The Bertz CT molecular complexity index is 632. The maximum absolute atomic E-state index is 12.6. The molecule has 1 aliphatic carbocycles. The summed E-state index contributed by atoms with van der Waals surface area (Å²) in [4.78, 5) is 27.4. The number of rotatable bonds is 7. The third kappa shape index (κ3) is 4.43. The number of morpholine rings is 1. The first-order chi connectivity index (χ1) is 12.5. The van der Waals surface area contributed by atoms with Gasteiger partial charge in [-0.1, -0.05) is 26.0 Å². The first kappa shape index (κ1) is 18.9. The summed E-state index contributed by atoms with van der Waals surface area (Å²) in [7, 11) is 0. The van der Waals surface area contributed by atoms with Crippen molar-refractivity contribution in [2.45, 2.75) is 32.6 Å². The zero-order valence-corrected chi connectivity index (χ0v) is 15.7. The van der Waals surface area contributed by atoms with Crippen LogP contribution >= 0.6 is 0 Å². The lowest BCUT2D eigenvalue weighted by Crippen LogP contribution is -2.45. The van der Waals surface area contributed by atoms with E-state index in [2.05, 4.69) is 29.4 Å². The Labute approximate surface area is 155 Å². The molecule has 2 amide bonds. The minimum atomic E-state index is -0.887. The van der Waals surface area contributed by atoms with Gasteiger partial charge >= 0.3 is 0 Å². The topological polar surface area (TPSA) is 70.7 Å². The van der Waals surface area contributed by atoms with Crippen molar-refractivity contribution in [3.63, 3.8) is 0 Å². The van der Waals surface area contributed by atoms with E-state index >= 15 is 0 Å². The molecule has 0 spiro atoms. The molecule has 1 saturated heterocycles. The average Bonchev–Trinajstić information content (AvgIpc) is 3.45. The van der Waals surface area contributed by atoms with Gasteiger partial charge in [0.25, 0.3) is 0 Å². The molecule has 2 aliphatic rings. The number of hydrogen-bond acceptors (Lipinski definition) is 4. The Hall–Kier alpha value is -1.92. The second-order valence-electron chi connectivity index (χ2n) is 7.52. The van der Waals surface area contributed by atoms with Crippen LogP contribution in [-0.2, 0) is 14.3 Å². The van der Waals surface area contributed by atoms with Gasteiger partial charge in [0.05, 0.1) is 13.2 Å². The highest BCUT2D eigenvalue weighted by atomic mass is 16.5. The zero-order chi connectivity index (χ0) is 18.6. The van der Waals surface area contributed by atoms with Gasteiger partial charge in [-0.15, -0.1) is 0 Å². The van der Waals surface area contributed by atoms with E-state index in [9.17, 15) is 9.59 Å². The van der Waals surface area contributed by atoms with Crippen LogP contribution in [0.1, 0.15) is 38.2 Å². The molecule has 142 valence electrons. The van der Waals surface area contributed by atoms with E-state index in [0.29, 0.717) is 25.3 Å². The predicted octanol–water partition coefficient (Wildman–Crippen LogP) is 1.98. The number of carbonyl (C=O) groups excluding carboxylic acids is 2. The van der Waals surface area contributed by atoms with Crippen molar-refractivity contribution in [1.82, 2.24) is 10.2 Å². The third-order valence-electron chi connectivity index (χ3n) is 5.27. The van der Waals surface area contributed by atoms with E-state index < -0.39 is 5.41 Å². The molecule has 1 saturated carbocycles. The normalized spacial score (nSPS) is 19.2. The summed E-state index contributed by atoms with van der Waals surface area (Å²) < 4.78 is 5.32. The molecular weight excluding hydrogens is 330 g/mol. The van der Waals surface area contributed by atoms with Crippen LogP contribution in [0, 0.1) is 5.41 Å². The summed E-state index contributed by atoms with van der Waals surface area (Å²) in [5.74, 6) is 0.104. The highest BCUT2D eigenvalue weighted by molar-refractivity contribution is 6.13. The minimum Gasteiger partial charge on any atom is -0.379 e. The van der Waals surface area contributed by atoms with Crippen molar-refractivity contribution in [2.24, 2.45) is 5.41 Å². The third-order valence-corrected chi connectivity index (χ3v) is 5.27. The molecule has 6 heteroatoms. The molecule has 1 heterocycles. The van der Waals surface area contributed by atoms with E-state index in [1.165, 1.54) is 5.56 Å². The van der Waals surface area contributed by atoms with Crippen molar-refractivity contribution >= 4 is 17.5 Å². The van der Waals surface area contributed by atoms with Gasteiger partial charge in [0.2, 0.25) is 11.8 Å². The van der Waals surface area contributed by atoms with Gasteiger partial charge in [-0.3, -0.25) is 14.5 Å². The zero-order valence-electron chi connectivity index (χ0n) is 15.7. The Morgan fingerprint density at radius 3 is 2.35 bits per heavy atom. The fraction of sp³-hybridized carbons (Fsp3) is 0.600. The molecule has 0 bridgehead atoms. The number of anilines is 1. The van der Waals surface area contributed by atoms with E-state index in [0.717, 1.165) is 38.5 Å². The largest absolute Gasteiger partial charge is 0.379 e. The first-order valence-corrected chi connectivity index (χ1v) is 9.51. The van der Waals surface area contributed by atoms with Crippen LogP contribution in [0.2, 0.25) is 0 Å². The van der Waals surface area contributed by atoms with Gasteiger partial charge in [0.1, 0.15) is 5.41 Å². The van der Waals surface area contributed by atoms with Gasteiger partial charge < -0.3 is 15.4 Å². The molecule has 1 aromatic rings. The van der Waals surface area contributed by atoms with Crippen LogP contribution in [0.4, 0.5) is 5.69 Å². The highest BCUT2D eigenvalue weighted by Gasteiger charge is 2.56. The first-order valence-electron chi connectivity index (χ1n) is 9.51. The van der Waals surface area contributed by atoms with E-state index in [4.69, 9.17) is 4.74 Å². The summed E-state index contributed by atoms with van der Waals surface area (Å²) in [6.45, 7) is 8.91. The number of benzene rings is 1. The van der Waals surface area contributed by atoms with Crippen molar-refractivity contribution in [3.8, 4) is 0 Å². The molecule has 0 atom stereocenters. The predicted molar refractivity (Wildman–Crippen MR) is 101 cm³/mol. The monoisotopic (exact) mass is 359 g/mol. The Morgan fingerprint density at radius 2 is 1.77 bits per heavy atom. The van der Waals surface area contributed by atoms with Crippen molar-refractivity contribution < 1.29 is 14.3 Å². The van der Waals surface area contributed by atoms with Crippen LogP contribution < -0.4 is 10.6 Å². The maximum Gasteiger partial charge on any atom is 0.240 e. The average molecular weight is 359 g/mol. The molecule has 6 nitrogen and oxygen atoms in total. The molecule has 0 aromatic heterocycles. The number of ether oxygens (including phenoxy) is 1. The molecule has 1 aliphatic heterocycles. The molecule has 1 aromatic carbocycles. The smallest absolute Gasteiger partial charge is 0.240 e. The number of carbonyl (C=O) groups is 2. The van der Waals surface area contributed by atoms with Crippen molar-refractivity contribution in [3.05, 3.63) is 29.8 Å². The van der Waals surface area contributed by atoms with Crippen LogP contribution in [0.25, 0.3) is 0 Å². The summed E-state index contributed by atoms with van der Waals surface area (Å²) in [6.07, 6.45) is 1.23. The summed E-state index contributed by atoms with van der Waals surface area (Å²) in [5.41, 5.74) is 1.08. The van der Waals surface area contributed by atoms with Crippen molar-refractivity contribution in [2.75, 3.05) is 44.7 Å². The Balaban J connectivity index is 1.48. The van der Waals surface area contributed by atoms with Gasteiger partial charge in [-0.2, -0.15) is 0 Å². The lowest BCUT2D eigenvalue weighted by Gasteiger charge is -2.26. The highest BCUT2D eigenvalue weighted by Crippen LogP contribution is 2.46. The Morgan fingerprint density at radius 1 is 1.12 bits per heavy atom. The van der Waals surface area contributed by atoms with Gasteiger partial charge in [-0.05, 0) is 36.5 Å². The van der Waals surface area contributed by atoms with E-state index in [1.54, 1.807) is 0 Å². The van der Waals surface area contributed by atoms with Gasteiger partial charge in [0, 0.05) is 31.9 Å². The Kier molecular flexibility index (Phi) is 5.94. The van der Waals surface area contributed by atoms with Gasteiger partial charge in [-0.25, -0.2) is 0 Å². The fourth-order valence-corrected chi connectivity index (χ4v) is 3.21. The van der Waals surface area contributed by atoms with Crippen molar-refractivity contribution in [1.29, 1.82) is 0 Å². The summed E-state index contributed by atoms with van der Waals surface area (Å²) in [5, 5.41) is 5.85. The standard InChI is InChI=1S/C20H29N3O3/c1-15(2)16-3-5-17(6-4-16)22-19(25)20(7-8-20)18(24)21-9-10-23-11-13-26-14-12-23/h3-6,15H,7-14H2,1-2H3,(H,21,24)(H,22,25). The number of hydrogen-bond donors (Lipinski definition) is 2. The van der Waals surface area contributed by atoms with E-state index in [-0.39, 0.29) is 11.8 Å². The number of amides is 2. The lowest BCUT2D eigenvalue weighted by molar-refractivity contribution is -0.134. The summed E-state index contributed by atoms with van der Waals surface area (Å²) >= 11 is 0. The minimum absolute atomic E-state index is 0.151. The van der Waals surface area contributed by atoms with E-state index in [1.807, 2.05) is 24.3 Å². The van der Waals surface area contributed by atoms with Gasteiger partial charge in [0.15, 0.2) is 0 Å². The molecule has 26 heavy (non-hydrogen) atoms. The lowest BCUT2D eigenvalue weighted by atomic mass is 10.0. The maximum atomic E-state index is 12.6. The summed E-state index contributed by atoms with van der Waals surface area (Å²) in [6, 6.07) is 7.84. The molecule has 3 rings (SSSR count). The number of nitrogens with zero attached hydrogens (tertiary/aromatic N) is 1. The molecule has 2 N–H and O–H groups in total. The molecular formula is C20H29N3O3. The van der Waals surface area contributed by atoms with Crippen LogP contribution in [0.5, 0.6) is 0 Å². The fourth-order valence-electron chi connectivity index (χ4n) is 3.21. The van der Waals surface area contributed by atoms with Crippen LogP contribution in [-0.4, -0.2) is 56.1 Å².